The van der Waals surface area contributed by atoms with Crippen LogP contribution in [0.2, 0.25) is 0 Å². The fourth-order valence-corrected chi connectivity index (χ4v) is 1.90. The smallest absolute Gasteiger partial charge is 0.269 e. The number of hydrogen-bond donors (Lipinski definition) is 0. The van der Waals surface area contributed by atoms with Crippen LogP contribution in [-0.4, -0.2) is 6.04 Å². The maximum atomic E-state index is 11.4. The van der Waals surface area contributed by atoms with Gasteiger partial charge in [0.15, 0.2) is 0 Å². The lowest BCUT2D eigenvalue weighted by Crippen LogP contribution is -1.85. The zero-order valence-corrected chi connectivity index (χ0v) is 13.9. The Bertz CT molecular complexity index is 164. The highest BCUT2D eigenvalue weighted by Crippen LogP contribution is 2.08. The quantitative estimate of drug-likeness (QED) is 0.287. The van der Waals surface area contributed by atoms with Crippen molar-refractivity contribution in [3.63, 3.8) is 0 Å². The fourth-order valence-electron chi connectivity index (χ4n) is 1.90. The third-order valence-corrected chi connectivity index (χ3v) is 3.18. The zero-order chi connectivity index (χ0) is 14.8. The monoisotopic (exact) mass is 294 g/mol. The van der Waals surface area contributed by atoms with E-state index in [4.69, 9.17) is 0 Å². The molecule has 0 atom stereocenters. The van der Waals surface area contributed by atoms with Crippen molar-refractivity contribution in [3.8, 4) is 0 Å². The van der Waals surface area contributed by atoms with E-state index in [0.29, 0.717) is 6.42 Å². The summed E-state index contributed by atoms with van der Waals surface area (Å²) in [6.45, 7) is 6.57. The van der Waals surface area contributed by atoms with Gasteiger partial charge in [-0.3, -0.25) is 9.50 Å². The Kier molecular flexibility index (Phi) is 29.0. The number of halogens is 2. The minimum Gasteiger partial charge on any atom is -0.269 e. The van der Waals surface area contributed by atoms with Crippen LogP contribution in [0.1, 0.15) is 104 Å². The average molecular weight is 294 g/mol. The van der Waals surface area contributed by atoms with E-state index in [1.807, 2.05) is 6.92 Å². The minimum absolute atomic E-state index is 0. The lowest BCUT2D eigenvalue weighted by Gasteiger charge is -1.98. The summed E-state index contributed by atoms with van der Waals surface area (Å²) >= 11 is 0. The predicted octanol–water partition coefficient (Wildman–Crippen LogP) is 6.75. The van der Waals surface area contributed by atoms with E-state index in [-0.39, 0.29) is 11.1 Å². The van der Waals surface area contributed by atoms with Gasteiger partial charge in [-0.25, -0.2) is 0 Å². The summed E-state index contributed by atoms with van der Waals surface area (Å²) in [4.78, 5) is 9.65. The molecule has 0 spiro atoms. The molecule has 0 aliphatic heterocycles. The van der Waals surface area contributed by atoms with E-state index < -0.39 is 6.04 Å². The highest BCUT2D eigenvalue weighted by atomic mass is 19.1. The Labute approximate surface area is 125 Å². The van der Waals surface area contributed by atoms with Crippen LogP contribution < -0.4 is 0 Å². The molecule has 0 rings (SSSR count). The summed E-state index contributed by atoms with van der Waals surface area (Å²) < 4.78 is 11.4. The molecule has 0 fully saturated rings. The lowest BCUT2D eigenvalue weighted by atomic mass is 10.1. The Morgan fingerprint density at radius 2 is 0.950 bits per heavy atom. The van der Waals surface area contributed by atoms with E-state index in [1.54, 1.807) is 0 Å². The van der Waals surface area contributed by atoms with Gasteiger partial charge in [0.2, 0.25) is 0 Å². The molecule has 0 heterocycles. The molecule has 124 valence electrons. The molecule has 0 bridgehead atoms. The third-order valence-electron chi connectivity index (χ3n) is 3.18. The minimum atomic E-state index is -1.18. The fraction of sp³-hybridized carbons (Fsp3) is 0.941. The van der Waals surface area contributed by atoms with Crippen molar-refractivity contribution < 1.29 is 13.9 Å². The second kappa shape index (κ2) is 23.6. The highest BCUT2D eigenvalue weighted by molar-refractivity contribution is 5.67. The number of carbonyl (C=O) groups excluding carboxylic acids is 1. The molecule has 0 aromatic carbocycles. The largest absolute Gasteiger partial charge is 0.301 e. The van der Waals surface area contributed by atoms with Gasteiger partial charge < -0.3 is 0 Å². The van der Waals surface area contributed by atoms with E-state index in [9.17, 15) is 9.18 Å². The van der Waals surface area contributed by atoms with Crippen molar-refractivity contribution in [1.29, 1.82) is 0 Å². The second-order valence-electron chi connectivity index (χ2n) is 5.29. The molecular formula is C17H36F2O. The first-order valence-electron chi connectivity index (χ1n) is 8.37. The van der Waals surface area contributed by atoms with Gasteiger partial charge in [0.25, 0.3) is 0 Å². The first-order valence-corrected chi connectivity index (χ1v) is 8.37. The number of unbranched alkanes of at least 4 members (excludes halogenated alkanes) is 10. The predicted molar refractivity (Wildman–Crippen MR) is 85.7 cm³/mol. The first-order chi connectivity index (χ1) is 9.18. The summed E-state index contributed by atoms with van der Waals surface area (Å²) in [6.07, 6.45) is 15.7. The van der Waals surface area contributed by atoms with E-state index in [2.05, 4.69) is 13.8 Å². The van der Waals surface area contributed by atoms with Gasteiger partial charge >= 0.3 is 6.04 Å². The van der Waals surface area contributed by atoms with Crippen LogP contribution >= 0.6 is 0 Å². The second-order valence-corrected chi connectivity index (χ2v) is 5.29. The molecule has 0 aliphatic rings. The van der Waals surface area contributed by atoms with Crippen LogP contribution in [0.4, 0.5) is 9.09 Å². The van der Waals surface area contributed by atoms with E-state index >= 15 is 0 Å². The Morgan fingerprint density at radius 3 is 1.25 bits per heavy atom. The zero-order valence-electron chi connectivity index (χ0n) is 13.9. The maximum absolute atomic E-state index is 11.4. The van der Waals surface area contributed by atoms with Crippen molar-refractivity contribution in [2.45, 2.75) is 104 Å². The molecule has 0 aromatic rings. The molecule has 0 amide bonds. The van der Waals surface area contributed by atoms with Gasteiger partial charge in [-0.1, -0.05) is 91.4 Å². The van der Waals surface area contributed by atoms with Crippen molar-refractivity contribution in [3.05, 3.63) is 0 Å². The third kappa shape index (κ3) is 30.5. The van der Waals surface area contributed by atoms with Crippen molar-refractivity contribution in [1.82, 2.24) is 0 Å². The van der Waals surface area contributed by atoms with Crippen LogP contribution in [0.25, 0.3) is 0 Å². The number of rotatable bonds is 12. The summed E-state index contributed by atoms with van der Waals surface area (Å²) in [7, 11) is 0. The van der Waals surface area contributed by atoms with Gasteiger partial charge in [-0.2, -0.15) is 4.39 Å². The molecule has 3 heteroatoms. The van der Waals surface area contributed by atoms with Crippen molar-refractivity contribution >= 4 is 6.04 Å². The molecule has 0 radical (unpaired) electrons. The van der Waals surface area contributed by atoms with Crippen LogP contribution in [0.15, 0.2) is 0 Å². The molecule has 0 aromatic heterocycles. The normalized spacial score (nSPS) is 9.40. The summed E-state index contributed by atoms with van der Waals surface area (Å²) in [5.41, 5.74) is 0. The van der Waals surface area contributed by atoms with Crippen LogP contribution in [0.5, 0.6) is 0 Å². The summed E-state index contributed by atoms with van der Waals surface area (Å²) in [6, 6.07) is -1.18. The first kappa shape index (κ1) is 24.5. The molecular weight excluding hydrogens is 258 g/mol. The van der Waals surface area contributed by atoms with Crippen LogP contribution in [-0.2, 0) is 4.79 Å². The number of hydrogen-bond acceptors (Lipinski definition) is 1. The van der Waals surface area contributed by atoms with Gasteiger partial charge in [-0.05, 0) is 6.42 Å². The van der Waals surface area contributed by atoms with E-state index in [1.165, 1.54) is 57.8 Å². The average Bonchev–Trinajstić information content (AvgIpc) is 2.39. The number of carbonyl (C=O) groups is 1. The van der Waals surface area contributed by atoms with Gasteiger partial charge in [0.05, 0.1) is 0 Å². The van der Waals surface area contributed by atoms with Gasteiger partial charge in [-0.15, -0.1) is 0 Å². The lowest BCUT2D eigenvalue weighted by molar-refractivity contribution is -0.129. The highest BCUT2D eigenvalue weighted by Gasteiger charge is 1.94. The molecule has 0 unspecified atom stereocenters. The standard InChI is InChI=1S/C11H24.C6H11FO.FH/c1-3-5-7-9-11-10-8-6-4-2;1-2-3-4-5-6(7)8;/h3-11H2,1-2H3;2-5H2,1H3;1H. The molecule has 20 heavy (non-hydrogen) atoms. The maximum Gasteiger partial charge on any atom is 0.301 e. The van der Waals surface area contributed by atoms with E-state index in [0.717, 1.165) is 12.8 Å². The van der Waals surface area contributed by atoms with Crippen molar-refractivity contribution in [2.24, 2.45) is 0 Å². The Hall–Kier alpha value is -0.470. The SMILES string of the molecule is CCCCCC(=O)F.CCCCCCCCCCC.F. The Balaban J connectivity index is -0.000000288. The van der Waals surface area contributed by atoms with Crippen molar-refractivity contribution in [2.75, 3.05) is 0 Å². The molecule has 0 N–H and O–H groups in total. The molecule has 1 nitrogen and oxygen atoms in total. The molecule has 0 saturated carbocycles. The topological polar surface area (TPSA) is 17.1 Å². The summed E-state index contributed by atoms with van der Waals surface area (Å²) in [5, 5.41) is 0. The van der Waals surface area contributed by atoms with Gasteiger partial charge in [0, 0.05) is 6.42 Å². The van der Waals surface area contributed by atoms with Crippen LogP contribution in [0.3, 0.4) is 0 Å². The molecule has 0 saturated heterocycles. The Morgan fingerprint density at radius 1 is 0.650 bits per heavy atom. The van der Waals surface area contributed by atoms with Crippen LogP contribution in [0, 0.1) is 0 Å². The summed E-state index contributed by atoms with van der Waals surface area (Å²) in [5.74, 6) is 0. The van der Waals surface area contributed by atoms with Gasteiger partial charge in [0.1, 0.15) is 0 Å². The molecule has 0 aliphatic carbocycles.